The molecule has 0 aromatic heterocycles. The summed E-state index contributed by atoms with van der Waals surface area (Å²) in [6.45, 7) is 4.24. The number of carboxylic acids is 1. The summed E-state index contributed by atoms with van der Waals surface area (Å²) in [6, 6.07) is -0.653. The summed E-state index contributed by atoms with van der Waals surface area (Å²) < 4.78 is 0. The summed E-state index contributed by atoms with van der Waals surface area (Å²) in [5, 5.41) is 9.77. The van der Waals surface area contributed by atoms with Crippen LogP contribution in [0.4, 0.5) is 0 Å². The third-order valence-electron chi connectivity index (χ3n) is 1.41. The molecule has 0 aliphatic carbocycles. The number of carboxylic acid groups (broad SMARTS) is 1. The van der Waals surface area contributed by atoms with Crippen LogP contribution in [0.3, 0.4) is 0 Å². The molecule has 0 bridgehead atoms. The van der Waals surface area contributed by atoms with Crippen LogP contribution in [0.25, 0.3) is 0 Å². The van der Waals surface area contributed by atoms with Gasteiger partial charge in [-0.15, -0.1) is 0 Å². The number of rotatable bonds is 4. The van der Waals surface area contributed by atoms with Gasteiger partial charge in [-0.05, 0) is 13.8 Å². The zero-order valence-electron chi connectivity index (χ0n) is 8.23. The van der Waals surface area contributed by atoms with E-state index in [2.05, 4.69) is 5.32 Å². The van der Waals surface area contributed by atoms with E-state index in [0.29, 0.717) is 11.8 Å². The first-order chi connectivity index (χ1) is 6.34. The second kappa shape index (κ2) is 5.64. The first kappa shape index (κ1) is 13.0. The summed E-state index contributed by atoms with van der Waals surface area (Å²) in [5.41, 5.74) is 0. The first-order valence-electron chi connectivity index (χ1n) is 4.05. The normalized spacial score (nSPS) is 14.2. The molecule has 0 aliphatic heterocycles. The van der Waals surface area contributed by atoms with Crippen molar-refractivity contribution in [2.75, 3.05) is 0 Å². The Bertz CT molecular complexity index is 254. The molecule has 5 nitrogen and oxygen atoms in total. The quantitative estimate of drug-likeness (QED) is 0.707. The maximum absolute atomic E-state index is 11.3. The third kappa shape index (κ3) is 4.86. The standard InChI is InChI=1S/C8H13NO4S/c1-4(9-6(3)10)8(13)14-5(2)7(11)12/h4-5H,1-3H3,(H,9,10)(H,11,12)/t4-,5?/m1/s1. The van der Waals surface area contributed by atoms with Crippen molar-refractivity contribution in [2.24, 2.45) is 0 Å². The van der Waals surface area contributed by atoms with Crippen molar-refractivity contribution in [3.63, 3.8) is 0 Å². The van der Waals surface area contributed by atoms with Gasteiger partial charge in [0.25, 0.3) is 0 Å². The van der Waals surface area contributed by atoms with Crippen molar-refractivity contribution in [1.29, 1.82) is 0 Å². The fourth-order valence-electron chi connectivity index (χ4n) is 0.691. The molecule has 0 fully saturated rings. The van der Waals surface area contributed by atoms with Gasteiger partial charge in [-0.25, -0.2) is 0 Å². The molecule has 2 N–H and O–H groups in total. The van der Waals surface area contributed by atoms with Gasteiger partial charge in [0, 0.05) is 6.92 Å². The Morgan fingerprint density at radius 2 is 1.79 bits per heavy atom. The van der Waals surface area contributed by atoms with Gasteiger partial charge in [0.1, 0.15) is 5.25 Å². The van der Waals surface area contributed by atoms with Crippen LogP contribution in [0.15, 0.2) is 0 Å². The minimum atomic E-state index is -1.04. The number of aliphatic carboxylic acids is 1. The number of thioether (sulfide) groups is 1. The van der Waals surface area contributed by atoms with E-state index in [1.165, 1.54) is 20.8 Å². The van der Waals surface area contributed by atoms with E-state index in [4.69, 9.17) is 5.11 Å². The molecule has 0 saturated carbocycles. The molecule has 0 aliphatic rings. The Kier molecular flexibility index (Phi) is 5.22. The molecule has 0 aromatic rings. The van der Waals surface area contributed by atoms with E-state index in [1.54, 1.807) is 0 Å². The molecular formula is C8H13NO4S. The SMILES string of the molecule is CC(=O)N[C@H](C)C(=O)SC(C)C(=O)O. The second-order valence-electron chi connectivity index (χ2n) is 2.84. The molecule has 80 valence electrons. The topological polar surface area (TPSA) is 83.5 Å². The van der Waals surface area contributed by atoms with Crippen molar-refractivity contribution >= 4 is 28.8 Å². The highest BCUT2D eigenvalue weighted by Gasteiger charge is 2.21. The fourth-order valence-corrected chi connectivity index (χ4v) is 1.40. The highest BCUT2D eigenvalue weighted by Crippen LogP contribution is 2.13. The van der Waals surface area contributed by atoms with Gasteiger partial charge >= 0.3 is 5.97 Å². The number of hydrogen-bond acceptors (Lipinski definition) is 4. The largest absolute Gasteiger partial charge is 0.480 e. The minimum Gasteiger partial charge on any atom is -0.480 e. The summed E-state index contributed by atoms with van der Waals surface area (Å²) in [6.07, 6.45) is 0. The Labute approximate surface area is 86.2 Å². The zero-order valence-corrected chi connectivity index (χ0v) is 9.05. The number of carbonyl (C=O) groups is 3. The summed E-state index contributed by atoms with van der Waals surface area (Å²) in [5.74, 6) is -1.35. The molecule has 2 atom stereocenters. The Balaban J connectivity index is 4.07. The van der Waals surface area contributed by atoms with Gasteiger partial charge in [-0.2, -0.15) is 0 Å². The molecule has 6 heteroatoms. The van der Waals surface area contributed by atoms with E-state index < -0.39 is 17.3 Å². The van der Waals surface area contributed by atoms with Crippen LogP contribution in [-0.2, 0) is 14.4 Å². The number of nitrogens with one attached hydrogen (secondary N) is 1. The molecule has 14 heavy (non-hydrogen) atoms. The first-order valence-corrected chi connectivity index (χ1v) is 4.93. The Hall–Kier alpha value is -1.04. The van der Waals surface area contributed by atoms with Crippen LogP contribution < -0.4 is 5.32 Å². The lowest BCUT2D eigenvalue weighted by Crippen LogP contribution is -2.36. The highest BCUT2D eigenvalue weighted by atomic mass is 32.2. The summed E-state index contributed by atoms with van der Waals surface area (Å²) in [4.78, 5) is 32.3. The molecule has 0 aromatic carbocycles. The van der Waals surface area contributed by atoms with Crippen LogP contribution in [-0.4, -0.2) is 33.4 Å². The molecular weight excluding hydrogens is 206 g/mol. The number of amides is 1. The number of carbonyl (C=O) groups excluding carboxylic acids is 2. The lowest BCUT2D eigenvalue weighted by molar-refractivity contribution is -0.136. The van der Waals surface area contributed by atoms with E-state index in [9.17, 15) is 14.4 Å². The van der Waals surface area contributed by atoms with E-state index in [0.717, 1.165) is 0 Å². The maximum Gasteiger partial charge on any atom is 0.316 e. The van der Waals surface area contributed by atoms with Crippen LogP contribution in [0.2, 0.25) is 0 Å². The van der Waals surface area contributed by atoms with Crippen molar-refractivity contribution in [2.45, 2.75) is 32.1 Å². The van der Waals surface area contributed by atoms with Crippen molar-refractivity contribution in [3.05, 3.63) is 0 Å². The summed E-state index contributed by atoms with van der Waals surface area (Å²) in [7, 11) is 0. The lowest BCUT2D eigenvalue weighted by atomic mass is 10.4. The second-order valence-corrected chi connectivity index (χ2v) is 4.18. The van der Waals surface area contributed by atoms with E-state index >= 15 is 0 Å². The zero-order chi connectivity index (χ0) is 11.3. The smallest absolute Gasteiger partial charge is 0.316 e. The predicted octanol–water partition coefficient (Wildman–Crippen LogP) is 0.244. The highest BCUT2D eigenvalue weighted by molar-refractivity contribution is 8.14. The number of hydrogen-bond donors (Lipinski definition) is 2. The van der Waals surface area contributed by atoms with Gasteiger partial charge in [-0.1, -0.05) is 11.8 Å². The lowest BCUT2D eigenvalue weighted by Gasteiger charge is -2.11. The van der Waals surface area contributed by atoms with Crippen molar-refractivity contribution in [3.8, 4) is 0 Å². The van der Waals surface area contributed by atoms with Crippen LogP contribution >= 0.6 is 11.8 Å². The van der Waals surface area contributed by atoms with Crippen molar-refractivity contribution < 1.29 is 19.5 Å². The molecule has 0 spiro atoms. The predicted molar refractivity (Wildman–Crippen MR) is 53.0 cm³/mol. The molecule has 0 radical (unpaired) electrons. The molecule has 0 heterocycles. The van der Waals surface area contributed by atoms with Crippen LogP contribution in [0, 0.1) is 0 Å². The van der Waals surface area contributed by atoms with Gasteiger partial charge in [-0.3, -0.25) is 14.4 Å². The van der Waals surface area contributed by atoms with E-state index in [-0.39, 0.29) is 11.0 Å². The van der Waals surface area contributed by atoms with Crippen molar-refractivity contribution in [1.82, 2.24) is 5.32 Å². The minimum absolute atomic E-state index is 0.311. The average molecular weight is 219 g/mol. The van der Waals surface area contributed by atoms with E-state index in [1.807, 2.05) is 0 Å². The monoisotopic (exact) mass is 219 g/mol. The molecule has 0 saturated heterocycles. The van der Waals surface area contributed by atoms with Gasteiger partial charge in [0.05, 0.1) is 6.04 Å². The fraction of sp³-hybridized carbons (Fsp3) is 0.625. The summed E-state index contributed by atoms with van der Waals surface area (Å²) >= 11 is 0.705. The van der Waals surface area contributed by atoms with Crippen LogP contribution in [0.1, 0.15) is 20.8 Å². The Morgan fingerprint density at radius 3 is 2.14 bits per heavy atom. The molecule has 0 rings (SSSR count). The van der Waals surface area contributed by atoms with Gasteiger partial charge in [0.2, 0.25) is 11.0 Å². The Morgan fingerprint density at radius 1 is 1.29 bits per heavy atom. The average Bonchev–Trinajstić information content (AvgIpc) is 2.02. The molecule has 1 unspecified atom stereocenters. The van der Waals surface area contributed by atoms with Gasteiger partial charge < -0.3 is 10.4 Å². The van der Waals surface area contributed by atoms with Gasteiger partial charge in [0.15, 0.2) is 0 Å². The third-order valence-corrected chi connectivity index (χ3v) is 2.56. The molecule has 1 amide bonds. The van der Waals surface area contributed by atoms with Crippen LogP contribution in [0.5, 0.6) is 0 Å². The maximum atomic E-state index is 11.3.